The predicted octanol–water partition coefficient (Wildman–Crippen LogP) is 1.98. The molecule has 1 heterocycles. The van der Waals surface area contributed by atoms with Gasteiger partial charge in [-0.1, -0.05) is 0 Å². The maximum absolute atomic E-state index is 11.7. The predicted molar refractivity (Wildman–Crippen MR) is 82.4 cm³/mol. The number of carbonyl (C=O) groups excluding carboxylic acids is 1. The van der Waals surface area contributed by atoms with Crippen molar-refractivity contribution in [2.75, 3.05) is 19.0 Å². The van der Waals surface area contributed by atoms with Crippen LogP contribution in [0.2, 0.25) is 0 Å². The van der Waals surface area contributed by atoms with Gasteiger partial charge in [-0.25, -0.2) is 4.98 Å². The summed E-state index contributed by atoms with van der Waals surface area (Å²) in [7, 11) is 1.50. The lowest BCUT2D eigenvalue weighted by Gasteiger charge is -2.11. The summed E-state index contributed by atoms with van der Waals surface area (Å²) >= 11 is 0. The molecule has 2 aromatic rings. The molecule has 0 aliphatic rings. The van der Waals surface area contributed by atoms with Crippen LogP contribution in [-0.4, -0.2) is 30.6 Å². The number of benzene rings is 1. The number of nitrogens with one attached hydrogen (secondary N) is 1. The van der Waals surface area contributed by atoms with Gasteiger partial charge in [-0.15, -0.1) is 12.4 Å². The van der Waals surface area contributed by atoms with Crippen molar-refractivity contribution in [1.82, 2.24) is 4.98 Å². The largest absolute Gasteiger partial charge is 0.441 e. The minimum atomic E-state index is -0.684. The fraction of sp³-hybridized carbons (Fsp3) is 0.286. The molecule has 0 saturated heterocycles. The van der Waals surface area contributed by atoms with Crippen molar-refractivity contribution in [2.45, 2.75) is 13.0 Å². The summed E-state index contributed by atoms with van der Waals surface area (Å²) in [5.41, 5.74) is 7.20. The standard InChI is InChI=1S/C14H17N3O3.ClH/c1-9-16-7-13(20-9)10-3-5-11(6-4-10)17-14(18)12(15)8-19-2;/h3-7,12H,8,15H2,1-2H3,(H,17,18);1H. The molecule has 114 valence electrons. The van der Waals surface area contributed by atoms with Crippen molar-refractivity contribution in [3.63, 3.8) is 0 Å². The van der Waals surface area contributed by atoms with Crippen LogP contribution < -0.4 is 11.1 Å². The van der Waals surface area contributed by atoms with Crippen molar-refractivity contribution in [3.8, 4) is 11.3 Å². The topological polar surface area (TPSA) is 90.4 Å². The maximum atomic E-state index is 11.7. The highest BCUT2D eigenvalue weighted by Crippen LogP contribution is 2.22. The lowest BCUT2D eigenvalue weighted by atomic mass is 10.1. The molecule has 2 rings (SSSR count). The molecule has 1 atom stereocenters. The van der Waals surface area contributed by atoms with Crippen LogP contribution in [-0.2, 0) is 9.53 Å². The molecule has 1 aromatic carbocycles. The Balaban J connectivity index is 0.00000220. The third-order valence-corrected chi connectivity index (χ3v) is 2.74. The molecule has 0 saturated carbocycles. The zero-order valence-electron chi connectivity index (χ0n) is 11.8. The van der Waals surface area contributed by atoms with E-state index in [2.05, 4.69) is 10.3 Å². The first kappa shape index (κ1) is 17.2. The molecule has 0 radical (unpaired) electrons. The van der Waals surface area contributed by atoms with E-state index in [9.17, 15) is 4.79 Å². The second-order valence-electron chi connectivity index (χ2n) is 4.37. The molecule has 21 heavy (non-hydrogen) atoms. The fourth-order valence-corrected chi connectivity index (χ4v) is 1.70. The molecular weight excluding hydrogens is 294 g/mol. The lowest BCUT2D eigenvalue weighted by Crippen LogP contribution is -2.39. The Morgan fingerprint density at radius 1 is 1.43 bits per heavy atom. The van der Waals surface area contributed by atoms with Crippen LogP contribution in [0.5, 0.6) is 0 Å². The molecule has 0 spiro atoms. The third-order valence-electron chi connectivity index (χ3n) is 2.74. The van der Waals surface area contributed by atoms with Crippen LogP contribution >= 0.6 is 12.4 Å². The molecule has 1 aromatic heterocycles. The highest BCUT2D eigenvalue weighted by atomic mass is 35.5. The van der Waals surface area contributed by atoms with Crippen LogP contribution in [0, 0.1) is 6.92 Å². The van der Waals surface area contributed by atoms with Crippen molar-refractivity contribution in [1.29, 1.82) is 0 Å². The van der Waals surface area contributed by atoms with E-state index < -0.39 is 6.04 Å². The zero-order chi connectivity index (χ0) is 14.5. The number of aryl methyl sites for hydroxylation is 1. The van der Waals surface area contributed by atoms with Gasteiger partial charge in [0.25, 0.3) is 0 Å². The molecule has 1 amide bonds. The lowest BCUT2D eigenvalue weighted by molar-refractivity contribution is -0.118. The van der Waals surface area contributed by atoms with Gasteiger partial charge in [0.2, 0.25) is 5.91 Å². The van der Waals surface area contributed by atoms with Crippen LogP contribution in [0.4, 0.5) is 5.69 Å². The highest BCUT2D eigenvalue weighted by Gasteiger charge is 2.13. The molecule has 1 unspecified atom stereocenters. The number of rotatable bonds is 5. The number of oxazole rings is 1. The van der Waals surface area contributed by atoms with Gasteiger partial charge in [0.05, 0.1) is 12.8 Å². The highest BCUT2D eigenvalue weighted by molar-refractivity contribution is 5.94. The smallest absolute Gasteiger partial charge is 0.243 e. The van der Waals surface area contributed by atoms with E-state index >= 15 is 0 Å². The van der Waals surface area contributed by atoms with E-state index in [-0.39, 0.29) is 24.9 Å². The fourth-order valence-electron chi connectivity index (χ4n) is 1.70. The van der Waals surface area contributed by atoms with Crippen LogP contribution in [0.15, 0.2) is 34.9 Å². The number of anilines is 1. The van der Waals surface area contributed by atoms with Gasteiger partial charge < -0.3 is 20.2 Å². The summed E-state index contributed by atoms with van der Waals surface area (Å²) in [6, 6.07) is 6.57. The number of halogens is 1. The number of ether oxygens (including phenoxy) is 1. The van der Waals surface area contributed by atoms with Gasteiger partial charge >= 0.3 is 0 Å². The summed E-state index contributed by atoms with van der Waals surface area (Å²) in [5.74, 6) is 1.02. The van der Waals surface area contributed by atoms with Crippen molar-refractivity contribution >= 4 is 24.0 Å². The molecular formula is C14H18ClN3O3. The van der Waals surface area contributed by atoms with E-state index in [1.54, 1.807) is 25.3 Å². The average molecular weight is 312 g/mol. The van der Waals surface area contributed by atoms with E-state index in [0.717, 1.165) is 5.56 Å². The van der Waals surface area contributed by atoms with Gasteiger partial charge in [-0.2, -0.15) is 0 Å². The molecule has 0 bridgehead atoms. The average Bonchev–Trinajstić information content (AvgIpc) is 2.86. The van der Waals surface area contributed by atoms with Gasteiger partial charge in [0.1, 0.15) is 6.04 Å². The van der Waals surface area contributed by atoms with Crippen LogP contribution in [0.1, 0.15) is 5.89 Å². The minimum Gasteiger partial charge on any atom is -0.441 e. The Morgan fingerprint density at radius 3 is 2.62 bits per heavy atom. The third kappa shape index (κ3) is 4.56. The van der Waals surface area contributed by atoms with Crippen LogP contribution in [0.25, 0.3) is 11.3 Å². The first-order valence-corrected chi connectivity index (χ1v) is 6.18. The summed E-state index contributed by atoms with van der Waals surface area (Å²) < 4.78 is 10.3. The Labute approximate surface area is 129 Å². The van der Waals surface area contributed by atoms with Gasteiger partial charge in [-0.3, -0.25) is 4.79 Å². The Kier molecular flexibility index (Phi) is 6.36. The van der Waals surface area contributed by atoms with E-state index in [1.165, 1.54) is 7.11 Å². The Bertz CT molecular complexity index is 583. The number of nitrogens with two attached hydrogens (primary N) is 1. The number of hydrogen-bond acceptors (Lipinski definition) is 5. The number of methoxy groups -OCH3 is 1. The normalized spacial score (nSPS) is 11.6. The molecule has 6 nitrogen and oxygen atoms in total. The zero-order valence-corrected chi connectivity index (χ0v) is 12.6. The Hall–Kier alpha value is -1.89. The van der Waals surface area contributed by atoms with Gasteiger partial charge in [0.15, 0.2) is 11.7 Å². The SMILES string of the molecule is COCC(N)C(=O)Nc1ccc(-c2cnc(C)o2)cc1.Cl. The van der Waals surface area contributed by atoms with Crippen molar-refractivity contribution < 1.29 is 13.9 Å². The van der Waals surface area contributed by atoms with Crippen molar-refractivity contribution in [2.24, 2.45) is 5.73 Å². The second-order valence-corrected chi connectivity index (χ2v) is 4.37. The number of carbonyl (C=O) groups is 1. The minimum absolute atomic E-state index is 0. The molecule has 0 aliphatic heterocycles. The summed E-state index contributed by atoms with van der Waals surface area (Å²) in [6.07, 6.45) is 1.66. The molecule has 7 heteroatoms. The molecule has 3 N–H and O–H groups in total. The number of amides is 1. The monoisotopic (exact) mass is 311 g/mol. The number of hydrogen-bond donors (Lipinski definition) is 2. The summed E-state index contributed by atoms with van der Waals surface area (Å²) in [4.78, 5) is 15.8. The maximum Gasteiger partial charge on any atom is 0.243 e. The van der Waals surface area contributed by atoms with Crippen molar-refractivity contribution in [3.05, 3.63) is 36.4 Å². The second kappa shape index (κ2) is 7.78. The van der Waals surface area contributed by atoms with E-state index in [1.807, 2.05) is 12.1 Å². The number of aromatic nitrogens is 1. The van der Waals surface area contributed by atoms with Crippen LogP contribution in [0.3, 0.4) is 0 Å². The van der Waals surface area contributed by atoms with Gasteiger partial charge in [0, 0.05) is 25.3 Å². The van der Waals surface area contributed by atoms with E-state index in [0.29, 0.717) is 17.3 Å². The van der Waals surface area contributed by atoms with E-state index in [4.69, 9.17) is 14.9 Å². The molecule has 0 aliphatic carbocycles. The summed E-state index contributed by atoms with van der Waals surface area (Å²) in [6.45, 7) is 1.97. The Morgan fingerprint density at radius 2 is 2.10 bits per heavy atom. The quantitative estimate of drug-likeness (QED) is 0.881. The first-order chi connectivity index (χ1) is 9.60. The summed E-state index contributed by atoms with van der Waals surface area (Å²) in [5, 5.41) is 2.72. The molecule has 0 fully saturated rings. The first-order valence-electron chi connectivity index (χ1n) is 6.18. The van der Waals surface area contributed by atoms with Gasteiger partial charge in [-0.05, 0) is 24.3 Å². The number of nitrogens with zero attached hydrogens (tertiary/aromatic N) is 1.